The molecule has 1 saturated heterocycles. The smallest absolute Gasteiger partial charge is 0.339 e. The number of hydrogen-bond acceptors (Lipinski definition) is 5. The van der Waals surface area contributed by atoms with Gasteiger partial charge in [-0.25, -0.2) is 4.79 Å². The molecule has 0 spiro atoms. The average Bonchev–Trinajstić information content (AvgIpc) is 2.72. The lowest BCUT2D eigenvalue weighted by atomic mass is 9.91. The summed E-state index contributed by atoms with van der Waals surface area (Å²) in [5, 5.41) is 2.86. The lowest BCUT2D eigenvalue weighted by molar-refractivity contribution is 0.0599. The lowest BCUT2D eigenvalue weighted by Crippen LogP contribution is -2.38. The molecule has 6 nitrogen and oxygen atoms in total. The van der Waals surface area contributed by atoms with Crippen LogP contribution in [0.25, 0.3) is 0 Å². The number of nitrogens with one attached hydrogen (secondary N) is 1. The van der Waals surface area contributed by atoms with Crippen LogP contribution in [0.15, 0.2) is 42.6 Å². The van der Waals surface area contributed by atoms with E-state index in [0.29, 0.717) is 12.1 Å². The molecule has 1 amide bonds. The van der Waals surface area contributed by atoms with Crippen molar-refractivity contribution in [1.82, 2.24) is 15.2 Å². The number of amides is 1. The zero-order valence-electron chi connectivity index (χ0n) is 17.4. The van der Waals surface area contributed by atoms with Crippen molar-refractivity contribution in [2.45, 2.75) is 33.4 Å². The van der Waals surface area contributed by atoms with Gasteiger partial charge in [0.05, 0.1) is 12.7 Å². The first-order chi connectivity index (χ1) is 13.9. The zero-order chi connectivity index (χ0) is 20.8. The minimum Gasteiger partial charge on any atom is -0.465 e. The van der Waals surface area contributed by atoms with Crippen molar-refractivity contribution < 1.29 is 14.3 Å². The van der Waals surface area contributed by atoms with Gasteiger partial charge in [-0.05, 0) is 41.5 Å². The number of esters is 1. The third-order valence-electron chi connectivity index (χ3n) is 5.24. The molecule has 154 valence electrons. The zero-order valence-corrected chi connectivity index (χ0v) is 17.4. The van der Waals surface area contributed by atoms with E-state index in [1.807, 2.05) is 0 Å². The monoisotopic (exact) mass is 395 g/mol. The normalized spacial score (nSPS) is 19.6. The first kappa shape index (κ1) is 21.0. The molecule has 1 fully saturated rings. The molecule has 2 aromatic rings. The molecule has 0 saturated carbocycles. The third kappa shape index (κ3) is 5.87. The fraction of sp³-hybridized carbons (Fsp3) is 0.435. The van der Waals surface area contributed by atoms with E-state index in [0.717, 1.165) is 37.0 Å². The van der Waals surface area contributed by atoms with Gasteiger partial charge in [0.2, 0.25) is 0 Å². The molecule has 1 aliphatic heterocycles. The number of likely N-dealkylation sites (tertiary alicyclic amines) is 1. The Morgan fingerprint density at radius 3 is 2.31 bits per heavy atom. The highest BCUT2D eigenvalue weighted by atomic mass is 16.5. The average molecular weight is 396 g/mol. The SMILES string of the molecule is COC(=O)c1ccc(C(=O)NCc2ccc(CN3CC(C)CC(C)C3)cc2)nc1. The van der Waals surface area contributed by atoms with Gasteiger partial charge in [0, 0.05) is 32.4 Å². The summed E-state index contributed by atoms with van der Waals surface area (Å²) in [6.45, 7) is 8.36. The molecule has 0 aliphatic carbocycles. The molecular formula is C23H29N3O3. The summed E-state index contributed by atoms with van der Waals surface area (Å²) in [6.07, 6.45) is 2.66. The molecule has 1 aliphatic rings. The van der Waals surface area contributed by atoms with Crippen molar-refractivity contribution in [2.24, 2.45) is 11.8 Å². The van der Waals surface area contributed by atoms with Gasteiger partial charge in [-0.2, -0.15) is 0 Å². The number of carbonyl (C=O) groups is 2. The molecule has 1 N–H and O–H groups in total. The van der Waals surface area contributed by atoms with Crippen LogP contribution in [-0.2, 0) is 17.8 Å². The predicted octanol–water partition coefficient (Wildman–Crippen LogP) is 3.28. The Bertz CT molecular complexity index is 823. The Hall–Kier alpha value is -2.73. The van der Waals surface area contributed by atoms with Gasteiger partial charge in [0.15, 0.2) is 0 Å². The summed E-state index contributed by atoms with van der Waals surface area (Å²) in [6, 6.07) is 11.4. The van der Waals surface area contributed by atoms with Gasteiger partial charge < -0.3 is 10.1 Å². The highest BCUT2D eigenvalue weighted by Gasteiger charge is 2.21. The summed E-state index contributed by atoms with van der Waals surface area (Å²) < 4.78 is 4.63. The lowest BCUT2D eigenvalue weighted by Gasteiger charge is -2.35. The minimum atomic E-state index is -0.474. The number of rotatable bonds is 6. The fourth-order valence-corrected chi connectivity index (χ4v) is 3.98. The minimum absolute atomic E-state index is 0.266. The maximum atomic E-state index is 12.3. The van der Waals surface area contributed by atoms with E-state index in [4.69, 9.17) is 0 Å². The third-order valence-corrected chi connectivity index (χ3v) is 5.24. The van der Waals surface area contributed by atoms with Gasteiger partial charge in [0.25, 0.3) is 5.91 Å². The number of piperidine rings is 1. The second-order valence-corrected chi connectivity index (χ2v) is 8.06. The summed E-state index contributed by atoms with van der Waals surface area (Å²) in [5.74, 6) is 0.756. The molecule has 0 radical (unpaired) electrons. The van der Waals surface area contributed by atoms with Gasteiger partial charge in [0.1, 0.15) is 5.69 Å². The van der Waals surface area contributed by atoms with Crippen LogP contribution < -0.4 is 5.32 Å². The number of methoxy groups -OCH3 is 1. The fourth-order valence-electron chi connectivity index (χ4n) is 3.98. The van der Waals surface area contributed by atoms with Crippen LogP contribution in [0.5, 0.6) is 0 Å². The van der Waals surface area contributed by atoms with Crippen molar-refractivity contribution >= 4 is 11.9 Å². The molecule has 0 bridgehead atoms. The molecule has 1 aromatic heterocycles. The van der Waals surface area contributed by atoms with E-state index in [1.165, 1.54) is 37.4 Å². The highest BCUT2D eigenvalue weighted by Crippen LogP contribution is 2.22. The molecule has 1 aromatic carbocycles. The van der Waals surface area contributed by atoms with Gasteiger partial charge in [-0.15, -0.1) is 0 Å². The van der Waals surface area contributed by atoms with Gasteiger partial charge >= 0.3 is 5.97 Å². The largest absolute Gasteiger partial charge is 0.465 e. The van der Waals surface area contributed by atoms with Crippen molar-refractivity contribution in [3.05, 3.63) is 65.0 Å². The number of carbonyl (C=O) groups excluding carboxylic acids is 2. The van der Waals surface area contributed by atoms with E-state index >= 15 is 0 Å². The second kappa shape index (κ2) is 9.65. The Balaban J connectivity index is 1.50. The van der Waals surface area contributed by atoms with E-state index in [1.54, 1.807) is 0 Å². The van der Waals surface area contributed by atoms with E-state index < -0.39 is 5.97 Å². The maximum absolute atomic E-state index is 12.3. The highest BCUT2D eigenvalue weighted by molar-refractivity contribution is 5.94. The quantitative estimate of drug-likeness (QED) is 0.760. The van der Waals surface area contributed by atoms with Crippen molar-refractivity contribution in [3.63, 3.8) is 0 Å². The van der Waals surface area contributed by atoms with Gasteiger partial charge in [-0.1, -0.05) is 38.1 Å². The van der Waals surface area contributed by atoms with Crippen molar-refractivity contribution in [2.75, 3.05) is 20.2 Å². The van der Waals surface area contributed by atoms with Crippen LogP contribution in [-0.4, -0.2) is 42.0 Å². The maximum Gasteiger partial charge on any atom is 0.339 e. The van der Waals surface area contributed by atoms with Crippen molar-refractivity contribution in [3.8, 4) is 0 Å². The Morgan fingerprint density at radius 2 is 1.72 bits per heavy atom. The number of aromatic nitrogens is 1. The number of ether oxygens (including phenoxy) is 1. The molecule has 2 unspecified atom stereocenters. The molecule has 2 heterocycles. The van der Waals surface area contributed by atoms with Crippen LogP contribution in [0.1, 0.15) is 52.2 Å². The summed E-state index contributed by atoms with van der Waals surface area (Å²) in [4.78, 5) is 30.2. The number of hydrogen-bond donors (Lipinski definition) is 1. The molecule has 29 heavy (non-hydrogen) atoms. The van der Waals surface area contributed by atoms with Gasteiger partial charge in [-0.3, -0.25) is 14.7 Å². The van der Waals surface area contributed by atoms with Crippen LogP contribution >= 0.6 is 0 Å². The first-order valence-corrected chi connectivity index (χ1v) is 10.1. The van der Waals surface area contributed by atoms with Crippen molar-refractivity contribution in [1.29, 1.82) is 0 Å². The Morgan fingerprint density at radius 1 is 1.07 bits per heavy atom. The standard InChI is InChI=1S/C23H29N3O3/c1-16-10-17(2)14-26(13-16)15-19-6-4-18(5-7-19)11-25-22(27)21-9-8-20(12-24-21)23(28)29-3/h4-9,12,16-17H,10-11,13-15H2,1-3H3,(H,25,27). The van der Waals surface area contributed by atoms with Crippen LogP contribution in [0.3, 0.4) is 0 Å². The second-order valence-electron chi connectivity index (χ2n) is 8.06. The summed E-state index contributed by atoms with van der Waals surface area (Å²) in [5.41, 5.74) is 2.91. The molecule has 6 heteroatoms. The van der Waals surface area contributed by atoms with Crippen LogP contribution in [0.2, 0.25) is 0 Å². The Labute approximate surface area is 172 Å². The number of nitrogens with zero attached hydrogens (tertiary/aromatic N) is 2. The number of pyridine rings is 1. The van der Waals surface area contributed by atoms with Crippen LogP contribution in [0.4, 0.5) is 0 Å². The molecule has 2 atom stereocenters. The van der Waals surface area contributed by atoms with E-state index in [9.17, 15) is 9.59 Å². The summed E-state index contributed by atoms with van der Waals surface area (Å²) in [7, 11) is 1.31. The Kier molecular flexibility index (Phi) is 6.99. The first-order valence-electron chi connectivity index (χ1n) is 10.1. The topological polar surface area (TPSA) is 71.5 Å². The van der Waals surface area contributed by atoms with E-state index in [2.05, 4.69) is 58.1 Å². The summed E-state index contributed by atoms with van der Waals surface area (Å²) >= 11 is 0. The van der Waals surface area contributed by atoms with E-state index in [-0.39, 0.29) is 11.6 Å². The number of benzene rings is 1. The predicted molar refractivity (Wildman–Crippen MR) is 111 cm³/mol. The van der Waals surface area contributed by atoms with Crippen LogP contribution in [0, 0.1) is 11.8 Å². The molecular weight excluding hydrogens is 366 g/mol. The molecule has 3 rings (SSSR count).